The predicted octanol–water partition coefficient (Wildman–Crippen LogP) is 1.63. The molecular formula is C11H8F3NO5. The molecule has 108 valence electrons. The molecule has 6 nitrogen and oxygen atoms in total. The van der Waals surface area contributed by atoms with Crippen LogP contribution in [-0.2, 0) is 9.59 Å². The number of carboxylic acids is 2. The van der Waals surface area contributed by atoms with Crippen molar-refractivity contribution in [2.24, 2.45) is 0 Å². The molecule has 0 aromatic carbocycles. The molecule has 1 rings (SSSR count). The quantitative estimate of drug-likeness (QED) is 0.647. The fourth-order valence-corrected chi connectivity index (χ4v) is 0.742. The van der Waals surface area contributed by atoms with Crippen LogP contribution in [-0.4, -0.2) is 39.6 Å². The van der Waals surface area contributed by atoms with Gasteiger partial charge < -0.3 is 10.2 Å². The Labute approximate surface area is 110 Å². The molecule has 0 spiro atoms. The Morgan fingerprint density at radius 2 is 1.75 bits per heavy atom. The molecule has 9 heteroatoms. The van der Waals surface area contributed by atoms with Gasteiger partial charge in [-0.05, 0) is 18.2 Å². The van der Waals surface area contributed by atoms with Gasteiger partial charge in [0.15, 0.2) is 6.29 Å². The first-order chi connectivity index (χ1) is 9.16. The normalized spacial score (nSPS) is 10.6. The average Bonchev–Trinajstić information content (AvgIpc) is 2.36. The molecular weight excluding hydrogens is 283 g/mol. The van der Waals surface area contributed by atoms with Gasteiger partial charge in [0.1, 0.15) is 0 Å². The number of pyridine rings is 1. The number of aliphatic carboxylic acids is 2. The van der Waals surface area contributed by atoms with Gasteiger partial charge in [-0.2, -0.15) is 13.2 Å². The van der Waals surface area contributed by atoms with Crippen molar-refractivity contribution in [3.05, 3.63) is 35.7 Å². The monoisotopic (exact) mass is 291 g/mol. The molecule has 0 radical (unpaired) electrons. The maximum Gasteiger partial charge on any atom is 0.490 e. The van der Waals surface area contributed by atoms with Gasteiger partial charge in [-0.3, -0.25) is 9.78 Å². The summed E-state index contributed by atoms with van der Waals surface area (Å²) in [5, 5.41) is 15.4. The Morgan fingerprint density at radius 3 is 2.05 bits per heavy atom. The van der Waals surface area contributed by atoms with E-state index in [1.807, 2.05) is 0 Å². The van der Waals surface area contributed by atoms with Crippen molar-refractivity contribution in [1.82, 2.24) is 4.98 Å². The van der Waals surface area contributed by atoms with Gasteiger partial charge >= 0.3 is 18.1 Å². The number of hydrogen-bond donors (Lipinski definition) is 2. The van der Waals surface area contributed by atoms with Crippen molar-refractivity contribution in [3.8, 4) is 0 Å². The minimum absolute atomic E-state index is 0.465. The zero-order valence-electron chi connectivity index (χ0n) is 9.66. The van der Waals surface area contributed by atoms with E-state index in [0.717, 1.165) is 6.08 Å². The SMILES string of the molecule is O=C(O)C(F)(F)F.O=Cc1ccc(/C=C/C(=O)O)nc1. The van der Waals surface area contributed by atoms with E-state index in [1.165, 1.54) is 12.3 Å². The Morgan fingerprint density at radius 1 is 1.20 bits per heavy atom. The van der Waals surface area contributed by atoms with E-state index in [9.17, 15) is 22.8 Å². The van der Waals surface area contributed by atoms with E-state index in [-0.39, 0.29) is 0 Å². The number of hydrogen-bond acceptors (Lipinski definition) is 4. The second-order valence-corrected chi connectivity index (χ2v) is 3.11. The number of carboxylic acid groups (broad SMARTS) is 2. The van der Waals surface area contributed by atoms with E-state index in [0.29, 0.717) is 17.5 Å². The highest BCUT2D eigenvalue weighted by atomic mass is 19.4. The third-order valence-corrected chi connectivity index (χ3v) is 1.58. The van der Waals surface area contributed by atoms with Crippen LogP contribution in [0.15, 0.2) is 24.4 Å². The molecule has 0 aliphatic carbocycles. The molecule has 0 aliphatic rings. The molecule has 1 heterocycles. The van der Waals surface area contributed by atoms with Crippen LogP contribution < -0.4 is 0 Å². The van der Waals surface area contributed by atoms with E-state index >= 15 is 0 Å². The number of nitrogens with zero attached hydrogens (tertiary/aromatic N) is 1. The highest BCUT2D eigenvalue weighted by molar-refractivity contribution is 5.85. The van der Waals surface area contributed by atoms with Crippen LogP contribution >= 0.6 is 0 Å². The Bertz CT molecular complexity index is 508. The summed E-state index contributed by atoms with van der Waals surface area (Å²) in [7, 11) is 0. The summed E-state index contributed by atoms with van der Waals surface area (Å²) in [5.41, 5.74) is 0.973. The van der Waals surface area contributed by atoms with Gasteiger partial charge in [-0.25, -0.2) is 9.59 Å². The molecule has 2 N–H and O–H groups in total. The first kappa shape index (κ1) is 17.3. The molecule has 0 atom stereocenters. The molecule has 0 aliphatic heterocycles. The summed E-state index contributed by atoms with van der Waals surface area (Å²) >= 11 is 0. The topological polar surface area (TPSA) is 105 Å². The lowest BCUT2D eigenvalue weighted by molar-refractivity contribution is -0.192. The summed E-state index contributed by atoms with van der Waals surface area (Å²) in [5.74, 6) is -3.78. The smallest absolute Gasteiger partial charge is 0.478 e. The van der Waals surface area contributed by atoms with Gasteiger partial charge in [0, 0.05) is 17.8 Å². The van der Waals surface area contributed by atoms with E-state index < -0.39 is 18.1 Å². The number of aromatic nitrogens is 1. The van der Waals surface area contributed by atoms with Crippen molar-refractivity contribution in [2.75, 3.05) is 0 Å². The van der Waals surface area contributed by atoms with E-state index in [2.05, 4.69) is 4.98 Å². The summed E-state index contributed by atoms with van der Waals surface area (Å²) in [6.07, 6.45) is -0.675. The Kier molecular flexibility index (Phi) is 6.63. The van der Waals surface area contributed by atoms with Crippen LogP contribution in [0.5, 0.6) is 0 Å². The number of alkyl halides is 3. The van der Waals surface area contributed by atoms with Crippen molar-refractivity contribution in [2.45, 2.75) is 6.18 Å². The predicted molar refractivity (Wildman–Crippen MR) is 60.0 cm³/mol. The van der Waals surface area contributed by atoms with Crippen LogP contribution in [0.3, 0.4) is 0 Å². The van der Waals surface area contributed by atoms with Crippen molar-refractivity contribution >= 4 is 24.3 Å². The molecule has 0 saturated heterocycles. The first-order valence-electron chi connectivity index (χ1n) is 4.79. The minimum atomic E-state index is -5.08. The number of rotatable bonds is 3. The number of aldehydes is 1. The molecule has 20 heavy (non-hydrogen) atoms. The molecule has 0 bridgehead atoms. The second-order valence-electron chi connectivity index (χ2n) is 3.11. The molecule has 0 saturated carbocycles. The van der Waals surface area contributed by atoms with E-state index in [1.54, 1.807) is 12.1 Å². The third kappa shape index (κ3) is 7.58. The third-order valence-electron chi connectivity index (χ3n) is 1.58. The zero-order valence-corrected chi connectivity index (χ0v) is 9.66. The highest BCUT2D eigenvalue weighted by Crippen LogP contribution is 2.13. The molecule has 0 amide bonds. The lowest BCUT2D eigenvalue weighted by Gasteiger charge is -1.93. The van der Waals surface area contributed by atoms with Gasteiger partial charge in [0.25, 0.3) is 0 Å². The lowest BCUT2D eigenvalue weighted by Crippen LogP contribution is -2.21. The van der Waals surface area contributed by atoms with Crippen LogP contribution in [0.25, 0.3) is 6.08 Å². The summed E-state index contributed by atoms with van der Waals surface area (Å²) in [4.78, 5) is 33.1. The maximum atomic E-state index is 10.6. The van der Waals surface area contributed by atoms with Crippen LogP contribution in [0, 0.1) is 0 Å². The van der Waals surface area contributed by atoms with Gasteiger partial charge in [0.2, 0.25) is 0 Å². The fourth-order valence-electron chi connectivity index (χ4n) is 0.742. The summed E-state index contributed by atoms with van der Waals surface area (Å²) in [6.45, 7) is 0. The molecule has 1 aromatic heterocycles. The first-order valence-corrected chi connectivity index (χ1v) is 4.79. The summed E-state index contributed by atoms with van der Waals surface area (Å²) < 4.78 is 31.7. The Hall–Kier alpha value is -2.71. The average molecular weight is 291 g/mol. The van der Waals surface area contributed by atoms with Crippen LogP contribution in [0.2, 0.25) is 0 Å². The van der Waals surface area contributed by atoms with Crippen molar-refractivity contribution in [1.29, 1.82) is 0 Å². The van der Waals surface area contributed by atoms with E-state index in [4.69, 9.17) is 15.0 Å². The van der Waals surface area contributed by atoms with Gasteiger partial charge in [-0.1, -0.05) is 0 Å². The van der Waals surface area contributed by atoms with Crippen molar-refractivity contribution < 1.29 is 37.8 Å². The standard InChI is InChI=1S/C9H7NO3.C2HF3O2/c11-6-7-1-2-8(10-5-7)3-4-9(12)13;3-2(4,5)1(6)7/h1-6H,(H,12,13);(H,6,7)/b4-3+;. The number of carbonyl (C=O) groups excluding carboxylic acids is 1. The largest absolute Gasteiger partial charge is 0.490 e. The highest BCUT2D eigenvalue weighted by Gasteiger charge is 2.38. The van der Waals surface area contributed by atoms with Crippen molar-refractivity contribution in [3.63, 3.8) is 0 Å². The molecule has 0 fully saturated rings. The fraction of sp³-hybridized carbons (Fsp3) is 0.0909. The molecule has 1 aromatic rings. The van der Waals surface area contributed by atoms with Gasteiger partial charge in [-0.15, -0.1) is 0 Å². The maximum absolute atomic E-state index is 10.6. The Balaban J connectivity index is 0.000000441. The summed E-state index contributed by atoms with van der Waals surface area (Å²) in [6, 6.07) is 3.14. The number of halogens is 3. The van der Waals surface area contributed by atoms with Crippen LogP contribution in [0.4, 0.5) is 13.2 Å². The second kappa shape index (κ2) is 7.67. The number of carbonyl (C=O) groups is 3. The van der Waals surface area contributed by atoms with Crippen LogP contribution in [0.1, 0.15) is 16.1 Å². The minimum Gasteiger partial charge on any atom is -0.478 e. The molecule has 0 unspecified atom stereocenters. The lowest BCUT2D eigenvalue weighted by atomic mass is 10.2. The van der Waals surface area contributed by atoms with Gasteiger partial charge in [0.05, 0.1) is 5.69 Å². The zero-order chi connectivity index (χ0) is 15.8.